The van der Waals surface area contributed by atoms with Crippen LogP contribution in [0.1, 0.15) is 53.4 Å². The third-order valence-corrected chi connectivity index (χ3v) is 5.54. The van der Waals surface area contributed by atoms with Crippen LogP contribution in [0.5, 0.6) is 0 Å². The highest BCUT2D eigenvalue weighted by molar-refractivity contribution is 5.96. The lowest BCUT2D eigenvalue weighted by molar-refractivity contribution is -0.128. The number of carbonyl (C=O) groups is 2. The van der Waals surface area contributed by atoms with E-state index in [2.05, 4.69) is 26.1 Å². The Kier molecular flexibility index (Phi) is 2.83. The number of ketones is 1. The molecule has 96 valence electrons. The molecule has 0 aromatic heterocycles. The predicted molar refractivity (Wildman–Crippen MR) is 66.5 cm³/mol. The van der Waals surface area contributed by atoms with Crippen LogP contribution in [0.25, 0.3) is 0 Å². The van der Waals surface area contributed by atoms with E-state index in [9.17, 15) is 9.59 Å². The zero-order valence-electron chi connectivity index (χ0n) is 11.3. The average molecular weight is 237 g/mol. The zero-order valence-corrected chi connectivity index (χ0v) is 11.3. The zero-order chi connectivity index (χ0) is 12.8. The van der Waals surface area contributed by atoms with Crippen molar-refractivity contribution in [2.45, 2.75) is 59.4 Å². The van der Waals surface area contributed by atoms with Crippen molar-refractivity contribution >= 4 is 11.7 Å². The second kappa shape index (κ2) is 3.82. The molecule has 1 amide bonds. The van der Waals surface area contributed by atoms with Gasteiger partial charge in [-0.15, -0.1) is 0 Å². The van der Waals surface area contributed by atoms with Gasteiger partial charge in [-0.1, -0.05) is 20.8 Å². The van der Waals surface area contributed by atoms with Crippen LogP contribution in [0, 0.1) is 16.7 Å². The van der Waals surface area contributed by atoms with E-state index in [1.165, 1.54) is 19.8 Å². The van der Waals surface area contributed by atoms with Gasteiger partial charge in [0.25, 0.3) is 0 Å². The molecule has 2 fully saturated rings. The number of fused-ring (bicyclic) bond motifs is 2. The van der Waals surface area contributed by atoms with E-state index < -0.39 is 0 Å². The summed E-state index contributed by atoms with van der Waals surface area (Å²) in [4.78, 5) is 22.6. The molecule has 3 nitrogen and oxygen atoms in total. The van der Waals surface area contributed by atoms with Crippen LogP contribution >= 0.6 is 0 Å². The average Bonchev–Trinajstić information content (AvgIpc) is 2.49. The molecule has 3 heteroatoms. The molecule has 0 spiro atoms. The van der Waals surface area contributed by atoms with Gasteiger partial charge >= 0.3 is 0 Å². The highest BCUT2D eigenvalue weighted by Gasteiger charge is 2.61. The lowest BCUT2D eigenvalue weighted by Gasteiger charge is -2.39. The Balaban J connectivity index is 2.06. The summed E-state index contributed by atoms with van der Waals surface area (Å²) >= 11 is 0. The van der Waals surface area contributed by atoms with Crippen LogP contribution in [0.3, 0.4) is 0 Å². The predicted octanol–water partition coefficient (Wildman–Crippen LogP) is 2.30. The molecule has 0 heterocycles. The minimum atomic E-state index is -0.105. The molecule has 0 radical (unpaired) electrons. The molecular weight excluding hydrogens is 214 g/mol. The molecule has 2 aliphatic rings. The fourth-order valence-corrected chi connectivity index (χ4v) is 3.89. The molecular formula is C14H23NO2. The van der Waals surface area contributed by atoms with E-state index in [0.29, 0.717) is 5.41 Å². The van der Waals surface area contributed by atoms with Crippen molar-refractivity contribution < 1.29 is 9.59 Å². The molecule has 1 N–H and O–H groups in total. The van der Waals surface area contributed by atoms with Crippen molar-refractivity contribution in [1.82, 2.24) is 5.32 Å². The lowest BCUT2D eigenvalue weighted by Crippen LogP contribution is -2.47. The first kappa shape index (κ1) is 12.6. The van der Waals surface area contributed by atoms with E-state index >= 15 is 0 Å². The monoisotopic (exact) mass is 237 g/mol. The summed E-state index contributed by atoms with van der Waals surface area (Å²) in [6.45, 7) is 8.40. The van der Waals surface area contributed by atoms with Gasteiger partial charge in [0.2, 0.25) is 5.91 Å². The van der Waals surface area contributed by atoms with Gasteiger partial charge < -0.3 is 5.32 Å². The van der Waals surface area contributed by atoms with Crippen LogP contribution in [0.2, 0.25) is 0 Å². The summed E-state index contributed by atoms with van der Waals surface area (Å²) in [6, 6.07) is 0.253. The van der Waals surface area contributed by atoms with E-state index in [4.69, 9.17) is 0 Å². The summed E-state index contributed by atoms with van der Waals surface area (Å²) in [5.74, 6) is 0.553. The number of nitrogens with one attached hydrogen (secondary N) is 1. The van der Waals surface area contributed by atoms with Gasteiger partial charge in [0.15, 0.2) is 0 Å². The molecule has 2 bridgehead atoms. The first-order valence-corrected chi connectivity index (χ1v) is 6.56. The van der Waals surface area contributed by atoms with E-state index in [0.717, 1.165) is 12.3 Å². The first-order chi connectivity index (χ1) is 7.77. The Labute approximate surface area is 103 Å². The standard InChI is InChI=1S/C14H23NO2/c1-9(16)7-12(17)15-11-8-10-5-6-14(11,4)13(10,2)3/h10-11H,5-8H2,1-4H3,(H,15,17). The summed E-state index contributed by atoms with van der Waals surface area (Å²) < 4.78 is 0. The number of hydrogen-bond donors (Lipinski definition) is 1. The molecule has 0 aromatic carbocycles. The van der Waals surface area contributed by atoms with Crippen molar-refractivity contribution in [2.75, 3.05) is 0 Å². The van der Waals surface area contributed by atoms with Crippen molar-refractivity contribution in [1.29, 1.82) is 0 Å². The third-order valence-electron chi connectivity index (χ3n) is 5.54. The molecule has 17 heavy (non-hydrogen) atoms. The fraction of sp³-hybridized carbons (Fsp3) is 0.857. The van der Waals surface area contributed by atoms with E-state index in [1.54, 1.807) is 0 Å². The molecule has 2 aliphatic carbocycles. The summed E-state index contributed by atoms with van der Waals surface area (Å²) in [5, 5.41) is 3.08. The Bertz CT molecular complexity index is 361. The maximum Gasteiger partial charge on any atom is 0.227 e. The highest BCUT2D eigenvalue weighted by Crippen LogP contribution is 2.65. The second-order valence-corrected chi connectivity index (χ2v) is 6.61. The van der Waals surface area contributed by atoms with Crippen LogP contribution in [0.4, 0.5) is 0 Å². The minimum Gasteiger partial charge on any atom is -0.352 e. The van der Waals surface area contributed by atoms with Gasteiger partial charge in [0, 0.05) is 6.04 Å². The van der Waals surface area contributed by atoms with Gasteiger partial charge in [-0.2, -0.15) is 0 Å². The normalized spacial score (nSPS) is 38.1. The summed E-state index contributed by atoms with van der Waals surface area (Å²) in [6.07, 6.45) is 3.57. The van der Waals surface area contributed by atoms with E-state index in [1.807, 2.05) is 0 Å². The number of rotatable bonds is 3. The lowest BCUT2D eigenvalue weighted by atomic mass is 9.69. The molecule has 3 unspecified atom stereocenters. The third kappa shape index (κ3) is 1.80. The molecule has 0 aliphatic heterocycles. The van der Waals surface area contributed by atoms with Gasteiger partial charge in [-0.05, 0) is 42.9 Å². The molecule has 0 saturated heterocycles. The van der Waals surface area contributed by atoms with Crippen molar-refractivity contribution in [3.8, 4) is 0 Å². The summed E-state index contributed by atoms with van der Waals surface area (Å²) in [7, 11) is 0. The van der Waals surface area contributed by atoms with Gasteiger partial charge in [0.1, 0.15) is 5.78 Å². The number of carbonyl (C=O) groups excluding carboxylic acids is 2. The molecule has 2 saturated carbocycles. The van der Waals surface area contributed by atoms with E-state index in [-0.39, 0.29) is 29.6 Å². The number of hydrogen-bond acceptors (Lipinski definition) is 2. The second-order valence-electron chi connectivity index (χ2n) is 6.61. The molecule has 3 atom stereocenters. The van der Waals surface area contributed by atoms with Crippen molar-refractivity contribution in [3.63, 3.8) is 0 Å². The van der Waals surface area contributed by atoms with Crippen LogP contribution < -0.4 is 5.32 Å². The Morgan fingerprint density at radius 3 is 2.35 bits per heavy atom. The first-order valence-electron chi connectivity index (χ1n) is 6.56. The van der Waals surface area contributed by atoms with Crippen molar-refractivity contribution in [2.24, 2.45) is 16.7 Å². The van der Waals surface area contributed by atoms with Crippen LogP contribution in [0.15, 0.2) is 0 Å². The SMILES string of the molecule is CC(=O)CC(=O)NC1CC2CCC1(C)C2(C)C. The maximum atomic E-state index is 11.7. The molecule has 2 rings (SSSR count). The Hall–Kier alpha value is -0.860. The largest absolute Gasteiger partial charge is 0.352 e. The highest BCUT2D eigenvalue weighted by atomic mass is 16.2. The summed E-state index contributed by atoms with van der Waals surface area (Å²) in [5.41, 5.74) is 0.505. The molecule has 0 aromatic rings. The number of Topliss-reactive ketones (excluding diaryl/α,β-unsaturated/α-hetero) is 1. The quantitative estimate of drug-likeness (QED) is 0.766. The van der Waals surface area contributed by atoms with Crippen molar-refractivity contribution in [3.05, 3.63) is 0 Å². The van der Waals surface area contributed by atoms with Gasteiger partial charge in [-0.25, -0.2) is 0 Å². The Morgan fingerprint density at radius 1 is 1.29 bits per heavy atom. The van der Waals surface area contributed by atoms with Crippen LogP contribution in [-0.4, -0.2) is 17.7 Å². The smallest absolute Gasteiger partial charge is 0.227 e. The minimum absolute atomic E-state index is 0.0255. The topological polar surface area (TPSA) is 46.2 Å². The van der Waals surface area contributed by atoms with Gasteiger partial charge in [0.05, 0.1) is 6.42 Å². The van der Waals surface area contributed by atoms with Crippen LogP contribution in [-0.2, 0) is 9.59 Å². The maximum absolute atomic E-state index is 11.7. The fourth-order valence-electron chi connectivity index (χ4n) is 3.89. The van der Waals surface area contributed by atoms with Gasteiger partial charge in [-0.3, -0.25) is 9.59 Å². The number of amides is 1. The Morgan fingerprint density at radius 2 is 1.94 bits per heavy atom.